The van der Waals surface area contributed by atoms with Crippen LogP contribution in [0.25, 0.3) is 32.8 Å². The lowest BCUT2D eigenvalue weighted by Crippen LogP contribution is -2.19. The van der Waals surface area contributed by atoms with Crippen molar-refractivity contribution in [1.82, 2.24) is 14.8 Å². The highest BCUT2D eigenvalue weighted by Crippen LogP contribution is 2.37. The standard InChI is InChI=1S/C34H36N4O4/c1-3-22-18-24(25-11-9-12-27-26(25)15-16-36-34(27)35)19-28-29(37-38(33(22)28)31-14-7-8-17-41-31)21-42-30-13-6-5-10-23(30)20-32(39)40-4-2/h5-6,9-13,15-16,18-19,31H,3-4,7-8,14,17,20-21H2,1-2H3,(H2,35,36). The molecule has 42 heavy (non-hydrogen) atoms. The number of nitrogens with zero attached hydrogens (tertiary/aromatic N) is 3. The van der Waals surface area contributed by atoms with Crippen molar-refractivity contribution >= 4 is 33.5 Å². The second-order valence-electron chi connectivity index (χ2n) is 10.6. The van der Waals surface area contributed by atoms with Crippen LogP contribution in [-0.4, -0.2) is 33.9 Å². The van der Waals surface area contributed by atoms with E-state index in [-0.39, 0.29) is 25.2 Å². The number of anilines is 1. The summed E-state index contributed by atoms with van der Waals surface area (Å²) in [6.07, 6.45) is 5.70. The zero-order valence-electron chi connectivity index (χ0n) is 24.1. The first-order chi connectivity index (χ1) is 20.6. The van der Waals surface area contributed by atoms with Crippen LogP contribution in [0.1, 0.15) is 56.2 Å². The molecule has 2 N–H and O–H groups in total. The van der Waals surface area contributed by atoms with Gasteiger partial charge in [0.05, 0.1) is 18.5 Å². The summed E-state index contributed by atoms with van der Waals surface area (Å²) >= 11 is 0. The average molecular weight is 565 g/mol. The smallest absolute Gasteiger partial charge is 0.310 e. The molecule has 0 bridgehead atoms. The van der Waals surface area contributed by atoms with Crippen molar-refractivity contribution in [2.75, 3.05) is 18.9 Å². The van der Waals surface area contributed by atoms with E-state index in [0.717, 1.165) is 76.3 Å². The number of esters is 1. The Morgan fingerprint density at radius 2 is 1.90 bits per heavy atom. The van der Waals surface area contributed by atoms with E-state index in [1.165, 1.54) is 5.56 Å². The van der Waals surface area contributed by atoms with E-state index in [1.54, 1.807) is 13.1 Å². The second-order valence-corrected chi connectivity index (χ2v) is 10.6. The molecule has 0 spiro atoms. The number of ether oxygens (including phenoxy) is 3. The molecule has 2 aromatic heterocycles. The fourth-order valence-corrected chi connectivity index (χ4v) is 5.86. The molecule has 5 aromatic rings. The van der Waals surface area contributed by atoms with E-state index in [0.29, 0.717) is 18.2 Å². The number of hydrogen-bond donors (Lipinski definition) is 1. The Morgan fingerprint density at radius 3 is 2.71 bits per heavy atom. The first-order valence-corrected chi connectivity index (χ1v) is 14.7. The van der Waals surface area contributed by atoms with Crippen molar-refractivity contribution in [2.24, 2.45) is 0 Å². The Balaban J connectivity index is 1.45. The van der Waals surface area contributed by atoms with Gasteiger partial charge in [0.2, 0.25) is 0 Å². The number of rotatable bonds is 9. The lowest BCUT2D eigenvalue weighted by atomic mass is 9.94. The van der Waals surface area contributed by atoms with Gasteiger partial charge in [0.25, 0.3) is 0 Å². The number of carbonyl (C=O) groups is 1. The van der Waals surface area contributed by atoms with Crippen LogP contribution in [0.15, 0.2) is 66.9 Å². The summed E-state index contributed by atoms with van der Waals surface area (Å²) in [4.78, 5) is 16.5. The third-order valence-corrected chi connectivity index (χ3v) is 7.89. The van der Waals surface area contributed by atoms with Gasteiger partial charge in [-0.3, -0.25) is 4.79 Å². The second kappa shape index (κ2) is 12.2. The normalized spacial score (nSPS) is 15.2. The van der Waals surface area contributed by atoms with Crippen molar-refractivity contribution < 1.29 is 19.0 Å². The van der Waals surface area contributed by atoms with Gasteiger partial charge in [-0.15, -0.1) is 0 Å². The van der Waals surface area contributed by atoms with Crippen molar-refractivity contribution in [1.29, 1.82) is 0 Å². The van der Waals surface area contributed by atoms with Gasteiger partial charge in [0.15, 0.2) is 6.23 Å². The molecule has 1 aliphatic heterocycles. The first kappa shape index (κ1) is 27.7. The molecule has 8 nitrogen and oxygen atoms in total. The van der Waals surface area contributed by atoms with Gasteiger partial charge in [-0.1, -0.05) is 43.3 Å². The minimum absolute atomic E-state index is 0.120. The van der Waals surface area contributed by atoms with E-state index >= 15 is 0 Å². The molecule has 1 saturated heterocycles. The molecule has 0 radical (unpaired) electrons. The molecular weight excluding hydrogens is 528 g/mol. The molecule has 1 fully saturated rings. The maximum absolute atomic E-state index is 12.2. The SMILES string of the molecule is CCOC(=O)Cc1ccccc1OCc1nn(C2CCCCO2)c2c(CC)cc(-c3cccc4c(N)nccc34)cc12. The third-order valence-electron chi connectivity index (χ3n) is 7.89. The molecule has 8 heteroatoms. The summed E-state index contributed by atoms with van der Waals surface area (Å²) in [5.74, 6) is 0.885. The molecule has 216 valence electrons. The molecule has 0 amide bonds. The number of aryl methyl sites for hydroxylation is 1. The van der Waals surface area contributed by atoms with Gasteiger partial charge in [-0.2, -0.15) is 5.10 Å². The fourth-order valence-electron chi connectivity index (χ4n) is 5.86. The van der Waals surface area contributed by atoms with E-state index in [1.807, 2.05) is 42.5 Å². The summed E-state index contributed by atoms with van der Waals surface area (Å²) in [6, 6.07) is 20.2. The Labute approximate surface area is 245 Å². The summed E-state index contributed by atoms with van der Waals surface area (Å²) < 4.78 is 19.8. The fraction of sp³-hybridized carbons (Fsp3) is 0.324. The molecule has 3 aromatic carbocycles. The molecule has 3 heterocycles. The minimum Gasteiger partial charge on any atom is -0.487 e. The van der Waals surface area contributed by atoms with Gasteiger partial charge in [-0.25, -0.2) is 9.67 Å². The topological polar surface area (TPSA) is 101 Å². The number of pyridine rings is 1. The van der Waals surface area contributed by atoms with Crippen LogP contribution >= 0.6 is 0 Å². The van der Waals surface area contributed by atoms with Crippen molar-refractivity contribution in [3.63, 3.8) is 0 Å². The van der Waals surface area contributed by atoms with Crippen LogP contribution in [0.5, 0.6) is 5.75 Å². The van der Waals surface area contributed by atoms with Crippen LogP contribution in [0.3, 0.4) is 0 Å². The summed E-state index contributed by atoms with van der Waals surface area (Å²) in [7, 11) is 0. The van der Waals surface area contributed by atoms with Crippen LogP contribution in [-0.2, 0) is 33.7 Å². The van der Waals surface area contributed by atoms with Crippen molar-refractivity contribution in [3.8, 4) is 16.9 Å². The highest BCUT2D eigenvalue weighted by Gasteiger charge is 2.24. The first-order valence-electron chi connectivity index (χ1n) is 14.7. The van der Waals surface area contributed by atoms with Gasteiger partial charge < -0.3 is 19.9 Å². The zero-order valence-corrected chi connectivity index (χ0v) is 24.1. The van der Waals surface area contributed by atoms with E-state index in [4.69, 9.17) is 25.0 Å². The Kier molecular flexibility index (Phi) is 8.06. The summed E-state index contributed by atoms with van der Waals surface area (Å²) in [6.45, 7) is 5.29. The lowest BCUT2D eigenvalue weighted by molar-refractivity contribution is -0.142. The number of carbonyl (C=O) groups excluding carboxylic acids is 1. The van der Waals surface area contributed by atoms with Crippen LogP contribution in [0.2, 0.25) is 0 Å². The highest BCUT2D eigenvalue weighted by atomic mass is 16.5. The van der Waals surface area contributed by atoms with Gasteiger partial charge in [0, 0.05) is 29.1 Å². The van der Waals surface area contributed by atoms with Crippen LogP contribution < -0.4 is 10.5 Å². The van der Waals surface area contributed by atoms with Crippen LogP contribution in [0.4, 0.5) is 5.82 Å². The predicted octanol–water partition coefficient (Wildman–Crippen LogP) is 6.78. The highest BCUT2D eigenvalue weighted by molar-refractivity contribution is 6.03. The van der Waals surface area contributed by atoms with Gasteiger partial charge >= 0.3 is 5.97 Å². The number of aromatic nitrogens is 3. The monoisotopic (exact) mass is 564 g/mol. The molecular formula is C34H36N4O4. The number of hydrogen-bond acceptors (Lipinski definition) is 7. The molecule has 0 aliphatic carbocycles. The quantitative estimate of drug-likeness (QED) is 0.197. The molecule has 1 aliphatic rings. The minimum atomic E-state index is -0.277. The average Bonchev–Trinajstić information content (AvgIpc) is 3.39. The zero-order chi connectivity index (χ0) is 29.1. The number of benzene rings is 3. The molecule has 0 saturated carbocycles. The Morgan fingerprint density at radius 1 is 1.02 bits per heavy atom. The number of para-hydroxylation sites is 1. The number of fused-ring (bicyclic) bond motifs is 2. The number of nitrogens with two attached hydrogens (primary N) is 1. The van der Waals surface area contributed by atoms with Crippen molar-refractivity contribution in [2.45, 2.75) is 58.8 Å². The maximum atomic E-state index is 12.2. The Hall–Kier alpha value is -4.43. The molecule has 6 rings (SSSR count). The van der Waals surface area contributed by atoms with E-state index < -0.39 is 0 Å². The predicted molar refractivity (Wildman–Crippen MR) is 164 cm³/mol. The van der Waals surface area contributed by atoms with E-state index in [9.17, 15) is 4.79 Å². The van der Waals surface area contributed by atoms with Gasteiger partial charge in [-0.05, 0) is 78.9 Å². The Bertz CT molecular complexity index is 1740. The largest absolute Gasteiger partial charge is 0.487 e. The van der Waals surface area contributed by atoms with Gasteiger partial charge in [0.1, 0.15) is 23.9 Å². The van der Waals surface area contributed by atoms with E-state index in [2.05, 4.69) is 34.8 Å². The maximum Gasteiger partial charge on any atom is 0.310 e. The van der Waals surface area contributed by atoms with Crippen LogP contribution in [0, 0.1) is 0 Å². The summed E-state index contributed by atoms with van der Waals surface area (Å²) in [5, 5.41) is 8.13. The lowest BCUT2D eigenvalue weighted by Gasteiger charge is -2.24. The van der Waals surface area contributed by atoms with Crippen molar-refractivity contribution in [3.05, 3.63) is 83.7 Å². The molecule has 1 unspecified atom stereocenters. The summed E-state index contributed by atoms with van der Waals surface area (Å²) in [5.41, 5.74) is 12.3. The third kappa shape index (κ3) is 5.42. The number of nitrogen functional groups attached to an aromatic ring is 1. The molecule has 1 atom stereocenters.